The molecule has 0 radical (unpaired) electrons. The number of hydrogen-bond donors (Lipinski definition) is 4. The van der Waals surface area contributed by atoms with Gasteiger partial charge in [0.15, 0.2) is 11.9 Å². The highest BCUT2D eigenvalue weighted by atomic mass is 35.5. The van der Waals surface area contributed by atoms with E-state index in [1.54, 1.807) is 0 Å². The van der Waals surface area contributed by atoms with Crippen LogP contribution in [0.25, 0.3) is 11.2 Å². The lowest BCUT2D eigenvalue weighted by Gasteiger charge is -2.16. The summed E-state index contributed by atoms with van der Waals surface area (Å²) in [7, 11) is 0. The molecule has 0 aromatic carbocycles. The molecule has 3 unspecified atom stereocenters. The molecule has 3 heterocycles. The van der Waals surface area contributed by atoms with E-state index in [0.29, 0.717) is 16.9 Å². The molecule has 1 aliphatic rings. The average molecular weight is 301 g/mol. The Hall–Kier alpha value is -1.45. The number of anilines is 1. The average Bonchev–Trinajstić information content (AvgIpc) is 2.93. The van der Waals surface area contributed by atoms with Crippen molar-refractivity contribution in [3.8, 4) is 0 Å². The largest absolute Gasteiger partial charge is 0.397 e. The van der Waals surface area contributed by atoms with Gasteiger partial charge in [0, 0.05) is 6.07 Å². The Kier molecular flexibility index (Phi) is 3.27. The van der Waals surface area contributed by atoms with Crippen molar-refractivity contribution in [3.05, 3.63) is 17.5 Å². The molecule has 1 saturated heterocycles. The molecule has 108 valence electrons. The highest BCUT2D eigenvalue weighted by Crippen LogP contribution is 2.32. The maximum absolute atomic E-state index is 10.0. The summed E-state index contributed by atoms with van der Waals surface area (Å²) in [6.07, 6.45) is -2.81. The lowest BCUT2D eigenvalue weighted by molar-refractivity contribution is -0.0511. The van der Waals surface area contributed by atoms with Gasteiger partial charge in [-0.2, -0.15) is 0 Å². The molecule has 9 heteroatoms. The van der Waals surface area contributed by atoms with E-state index in [0.717, 1.165) is 0 Å². The van der Waals surface area contributed by atoms with Gasteiger partial charge < -0.3 is 25.8 Å². The molecule has 0 amide bonds. The van der Waals surface area contributed by atoms with Gasteiger partial charge in [-0.05, 0) is 0 Å². The van der Waals surface area contributed by atoms with Crippen LogP contribution in [0.3, 0.4) is 0 Å². The van der Waals surface area contributed by atoms with Crippen molar-refractivity contribution < 1.29 is 20.1 Å². The summed E-state index contributed by atoms with van der Waals surface area (Å²) in [5.41, 5.74) is 6.90. The summed E-state index contributed by atoms with van der Waals surface area (Å²) < 4.78 is 6.85. The Labute approximate surface area is 118 Å². The van der Waals surface area contributed by atoms with Crippen LogP contribution in [0.2, 0.25) is 5.15 Å². The number of ether oxygens (including phenoxy) is 1. The molecule has 5 N–H and O–H groups in total. The molecule has 0 aliphatic carbocycles. The third-order valence-electron chi connectivity index (χ3n) is 3.32. The topological polar surface area (TPSA) is 127 Å². The Morgan fingerprint density at radius 3 is 2.80 bits per heavy atom. The number of nitrogens with zero attached hydrogens (tertiary/aromatic N) is 3. The minimum Gasteiger partial charge on any atom is -0.397 e. The van der Waals surface area contributed by atoms with Crippen LogP contribution in [0.15, 0.2) is 12.4 Å². The summed E-state index contributed by atoms with van der Waals surface area (Å²) >= 11 is 5.86. The maximum atomic E-state index is 10.0. The summed E-state index contributed by atoms with van der Waals surface area (Å²) in [5.74, 6) is 0. The molecule has 0 bridgehead atoms. The number of imidazole rings is 1. The van der Waals surface area contributed by atoms with Gasteiger partial charge in [-0.1, -0.05) is 11.6 Å². The second kappa shape index (κ2) is 4.83. The molecular formula is C11H13ClN4O4. The van der Waals surface area contributed by atoms with Gasteiger partial charge in [-0.25, -0.2) is 9.97 Å². The number of rotatable bonds is 2. The Bertz CT molecular complexity index is 649. The van der Waals surface area contributed by atoms with Crippen molar-refractivity contribution in [2.45, 2.75) is 24.5 Å². The van der Waals surface area contributed by atoms with Crippen LogP contribution in [0.5, 0.6) is 0 Å². The minimum absolute atomic E-state index is 0.184. The number of nitrogens with two attached hydrogens (primary N) is 1. The number of fused-ring (bicyclic) bond motifs is 1. The second-order valence-electron chi connectivity index (χ2n) is 4.59. The van der Waals surface area contributed by atoms with E-state index in [1.165, 1.54) is 17.0 Å². The van der Waals surface area contributed by atoms with Crippen molar-refractivity contribution in [2.75, 3.05) is 12.3 Å². The summed E-state index contributed by atoms with van der Waals surface area (Å²) in [6.45, 7) is -0.405. The van der Waals surface area contributed by atoms with Crippen LogP contribution in [0.1, 0.15) is 6.23 Å². The molecule has 1 fully saturated rings. The number of aromatic nitrogens is 3. The van der Waals surface area contributed by atoms with Crippen LogP contribution in [-0.2, 0) is 4.74 Å². The van der Waals surface area contributed by atoms with Crippen LogP contribution in [0, 0.1) is 0 Å². The number of aliphatic hydroxyl groups is 3. The van der Waals surface area contributed by atoms with E-state index in [9.17, 15) is 10.2 Å². The maximum Gasteiger partial charge on any atom is 0.165 e. The predicted molar refractivity (Wildman–Crippen MR) is 70.0 cm³/mol. The Morgan fingerprint density at radius 2 is 2.15 bits per heavy atom. The fraction of sp³-hybridized carbons (Fsp3) is 0.455. The van der Waals surface area contributed by atoms with Crippen molar-refractivity contribution in [1.82, 2.24) is 14.5 Å². The summed E-state index contributed by atoms with van der Waals surface area (Å²) in [6, 6.07) is 1.47. The van der Waals surface area contributed by atoms with Gasteiger partial charge in [0.25, 0.3) is 0 Å². The van der Waals surface area contributed by atoms with Crippen LogP contribution < -0.4 is 5.73 Å². The predicted octanol–water partition coefficient (Wildman–Crippen LogP) is -0.722. The SMILES string of the molecule is Nc1cc(Cl)nc2c1ncn2[C@@H]1OC(CO)C(O)C1O. The monoisotopic (exact) mass is 300 g/mol. The molecule has 0 spiro atoms. The molecule has 0 saturated carbocycles. The van der Waals surface area contributed by atoms with Gasteiger partial charge in [-0.3, -0.25) is 4.57 Å². The van der Waals surface area contributed by atoms with E-state index in [4.69, 9.17) is 27.2 Å². The van der Waals surface area contributed by atoms with Gasteiger partial charge in [0.05, 0.1) is 18.6 Å². The first kappa shape index (κ1) is 13.5. The van der Waals surface area contributed by atoms with E-state index < -0.39 is 31.1 Å². The van der Waals surface area contributed by atoms with E-state index in [2.05, 4.69) is 9.97 Å². The minimum atomic E-state index is -1.22. The molecular weight excluding hydrogens is 288 g/mol. The van der Waals surface area contributed by atoms with Crippen molar-refractivity contribution in [1.29, 1.82) is 0 Å². The third kappa shape index (κ3) is 1.93. The van der Waals surface area contributed by atoms with E-state index in [-0.39, 0.29) is 5.15 Å². The van der Waals surface area contributed by atoms with E-state index in [1.807, 2.05) is 0 Å². The molecule has 1 aliphatic heterocycles. The highest BCUT2D eigenvalue weighted by Gasteiger charge is 2.43. The van der Waals surface area contributed by atoms with Crippen molar-refractivity contribution >= 4 is 28.5 Å². The normalized spacial score (nSPS) is 30.2. The van der Waals surface area contributed by atoms with Gasteiger partial charge >= 0.3 is 0 Å². The highest BCUT2D eigenvalue weighted by molar-refractivity contribution is 6.30. The van der Waals surface area contributed by atoms with E-state index >= 15 is 0 Å². The molecule has 3 rings (SSSR count). The Balaban J connectivity index is 2.07. The summed E-state index contributed by atoms with van der Waals surface area (Å²) in [4.78, 5) is 8.20. The molecule has 8 nitrogen and oxygen atoms in total. The second-order valence-corrected chi connectivity index (χ2v) is 4.97. The summed E-state index contributed by atoms with van der Waals surface area (Å²) in [5, 5.41) is 29.0. The van der Waals surface area contributed by atoms with Gasteiger partial charge in [0.2, 0.25) is 0 Å². The number of aliphatic hydroxyl groups excluding tert-OH is 3. The number of pyridine rings is 1. The molecule has 2 aromatic rings. The number of nitrogen functional groups attached to an aromatic ring is 1. The first-order chi connectivity index (χ1) is 9.52. The smallest absolute Gasteiger partial charge is 0.165 e. The lowest BCUT2D eigenvalue weighted by atomic mass is 10.1. The van der Waals surface area contributed by atoms with Crippen LogP contribution >= 0.6 is 11.6 Å². The van der Waals surface area contributed by atoms with Crippen LogP contribution in [-0.4, -0.2) is 54.8 Å². The van der Waals surface area contributed by atoms with Crippen molar-refractivity contribution in [3.63, 3.8) is 0 Å². The zero-order valence-electron chi connectivity index (χ0n) is 10.2. The fourth-order valence-corrected chi connectivity index (χ4v) is 2.49. The first-order valence-electron chi connectivity index (χ1n) is 5.94. The molecule has 4 atom stereocenters. The quantitative estimate of drug-likeness (QED) is 0.539. The standard InChI is InChI=1S/C11H13ClN4O4/c12-6-1-4(13)7-10(15-6)16(3-14-7)11-9(19)8(18)5(2-17)20-11/h1,3,5,8-9,11,17-19H,2H2,(H2,13,15)/t5?,8?,9?,11-/m1/s1. The fourth-order valence-electron chi connectivity index (χ4n) is 2.30. The molecule has 20 heavy (non-hydrogen) atoms. The lowest BCUT2D eigenvalue weighted by Crippen LogP contribution is -2.33. The Morgan fingerprint density at radius 1 is 1.40 bits per heavy atom. The first-order valence-corrected chi connectivity index (χ1v) is 6.31. The zero-order valence-corrected chi connectivity index (χ0v) is 11.0. The zero-order chi connectivity index (χ0) is 14.4. The van der Waals surface area contributed by atoms with Crippen LogP contribution in [0.4, 0.5) is 5.69 Å². The number of hydrogen-bond acceptors (Lipinski definition) is 7. The van der Waals surface area contributed by atoms with Gasteiger partial charge in [-0.15, -0.1) is 0 Å². The van der Waals surface area contributed by atoms with Gasteiger partial charge in [0.1, 0.15) is 29.0 Å². The van der Waals surface area contributed by atoms with Crippen molar-refractivity contribution in [2.24, 2.45) is 0 Å². The number of halogens is 1. The molecule has 2 aromatic heterocycles. The third-order valence-corrected chi connectivity index (χ3v) is 3.51.